The van der Waals surface area contributed by atoms with Crippen LogP contribution in [0.1, 0.15) is 24.2 Å². The van der Waals surface area contributed by atoms with Gasteiger partial charge in [-0.25, -0.2) is 18.4 Å². The second kappa shape index (κ2) is 8.26. The molecule has 2 aliphatic rings. The molecule has 1 fully saturated rings. The predicted octanol–water partition coefficient (Wildman–Crippen LogP) is 3.58. The van der Waals surface area contributed by atoms with E-state index in [2.05, 4.69) is 20.3 Å². The molecular formula is C23H22ClF2N5O. The van der Waals surface area contributed by atoms with Crippen LogP contribution in [0.3, 0.4) is 0 Å². The number of benzene rings is 2. The molecule has 3 heterocycles. The molecule has 0 saturated carbocycles. The molecule has 0 aliphatic carbocycles. The third-order valence-corrected chi connectivity index (χ3v) is 6.52. The van der Waals surface area contributed by atoms with Crippen molar-refractivity contribution in [3.8, 4) is 11.4 Å². The normalized spacial score (nSPS) is 18.3. The summed E-state index contributed by atoms with van der Waals surface area (Å²) in [5.74, 6) is 0.280. The van der Waals surface area contributed by atoms with Gasteiger partial charge in [-0.05, 0) is 42.7 Å². The molecule has 32 heavy (non-hydrogen) atoms. The lowest BCUT2D eigenvalue weighted by Crippen LogP contribution is -2.56. The summed E-state index contributed by atoms with van der Waals surface area (Å²) in [5.41, 5.74) is 1.15. The maximum absolute atomic E-state index is 13.6. The first-order valence-corrected chi connectivity index (χ1v) is 10.9. The van der Waals surface area contributed by atoms with Gasteiger partial charge in [0.2, 0.25) is 5.91 Å². The molecule has 166 valence electrons. The van der Waals surface area contributed by atoms with Crippen LogP contribution in [-0.4, -0.2) is 44.2 Å². The number of amides is 1. The Labute approximate surface area is 189 Å². The van der Waals surface area contributed by atoms with Crippen molar-refractivity contribution in [3.05, 3.63) is 70.5 Å². The Bertz CT molecular complexity index is 1170. The third kappa shape index (κ3) is 4.25. The zero-order valence-electron chi connectivity index (χ0n) is 17.3. The van der Waals surface area contributed by atoms with Crippen molar-refractivity contribution in [2.75, 3.05) is 13.1 Å². The SMILES string of the molecule is O=C1Cn2nc(-c3cccc(F)c3)nc2CC2(CCN(Cc3ccc(F)c(Cl)c3)CC2)N1. The largest absolute Gasteiger partial charge is 0.349 e. The van der Waals surface area contributed by atoms with E-state index < -0.39 is 11.4 Å². The molecule has 2 aromatic carbocycles. The van der Waals surface area contributed by atoms with Crippen LogP contribution >= 0.6 is 11.6 Å². The molecule has 5 rings (SSSR count). The fraction of sp³-hybridized carbons (Fsp3) is 0.348. The number of fused-ring (bicyclic) bond motifs is 1. The van der Waals surface area contributed by atoms with E-state index in [0.717, 1.165) is 37.3 Å². The number of piperidine rings is 1. The predicted molar refractivity (Wildman–Crippen MR) is 116 cm³/mol. The molecule has 1 N–H and O–H groups in total. The van der Waals surface area contributed by atoms with E-state index in [9.17, 15) is 13.6 Å². The molecule has 0 radical (unpaired) electrons. The van der Waals surface area contributed by atoms with Crippen molar-refractivity contribution < 1.29 is 13.6 Å². The van der Waals surface area contributed by atoms with Gasteiger partial charge in [-0.3, -0.25) is 9.69 Å². The smallest absolute Gasteiger partial charge is 0.242 e. The van der Waals surface area contributed by atoms with Crippen LogP contribution in [0.5, 0.6) is 0 Å². The molecule has 1 aromatic heterocycles. The first-order valence-electron chi connectivity index (χ1n) is 10.6. The van der Waals surface area contributed by atoms with Crippen molar-refractivity contribution in [3.63, 3.8) is 0 Å². The summed E-state index contributed by atoms with van der Waals surface area (Å²) < 4.78 is 28.7. The fourth-order valence-corrected chi connectivity index (χ4v) is 4.74. The van der Waals surface area contributed by atoms with Gasteiger partial charge < -0.3 is 5.32 Å². The van der Waals surface area contributed by atoms with Crippen LogP contribution in [0.15, 0.2) is 42.5 Å². The van der Waals surface area contributed by atoms with E-state index in [1.54, 1.807) is 28.9 Å². The van der Waals surface area contributed by atoms with Crippen LogP contribution in [0, 0.1) is 11.6 Å². The van der Waals surface area contributed by atoms with E-state index in [4.69, 9.17) is 11.6 Å². The molecule has 0 bridgehead atoms. The Balaban J connectivity index is 1.32. The molecule has 2 aliphatic heterocycles. The lowest BCUT2D eigenvalue weighted by Gasteiger charge is -2.41. The van der Waals surface area contributed by atoms with Crippen molar-refractivity contribution in [1.29, 1.82) is 0 Å². The van der Waals surface area contributed by atoms with Crippen LogP contribution in [0.25, 0.3) is 11.4 Å². The average molecular weight is 458 g/mol. The number of hydrogen-bond donors (Lipinski definition) is 1. The van der Waals surface area contributed by atoms with E-state index in [-0.39, 0.29) is 23.3 Å². The summed E-state index contributed by atoms with van der Waals surface area (Å²) in [4.78, 5) is 19.6. The van der Waals surface area contributed by atoms with Gasteiger partial charge in [0.1, 0.15) is 24.0 Å². The monoisotopic (exact) mass is 457 g/mol. The number of hydrogen-bond acceptors (Lipinski definition) is 4. The van der Waals surface area contributed by atoms with Crippen LogP contribution in [0.4, 0.5) is 8.78 Å². The Morgan fingerprint density at radius 2 is 1.94 bits per heavy atom. The van der Waals surface area contributed by atoms with Crippen LogP contribution < -0.4 is 5.32 Å². The third-order valence-electron chi connectivity index (χ3n) is 6.23. The van der Waals surface area contributed by atoms with Gasteiger partial charge in [-0.1, -0.05) is 29.8 Å². The average Bonchev–Trinajstić information content (AvgIpc) is 3.08. The summed E-state index contributed by atoms with van der Waals surface area (Å²) in [6, 6.07) is 10.9. The van der Waals surface area contributed by atoms with Crippen LogP contribution in [-0.2, 0) is 24.3 Å². The van der Waals surface area contributed by atoms with Crippen molar-refractivity contribution in [2.45, 2.75) is 37.9 Å². The van der Waals surface area contributed by atoms with Crippen LogP contribution in [0.2, 0.25) is 5.02 Å². The Hall–Kier alpha value is -2.84. The molecule has 1 amide bonds. The van der Waals surface area contributed by atoms with Crippen molar-refractivity contribution in [1.82, 2.24) is 25.0 Å². The minimum atomic E-state index is -0.420. The van der Waals surface area contributed by atoms with Gasteiger partial charge in [-0.15, -0.1) is 0 Å². The highest BCUT2D eigenvalue weighted by molar-refractivity contribution is 6.30. The topological polar surface area (TPSA) is 63.1 Å². The first kappa shape index (κ1) is 21.0. The van der Waals surface area contributed by atoms with Gasteiger partial charge in [-0.2, -0.15) is 5.10 Å². The number of carbonyl (C=O) groups excluding carboxylic acids is 1. The van der Waals surface area contributed by atoms with Crippen molar-refractivity contribution in [2.24, 2.45) is 0 Å². The number of carbonyl (C=O) groups is 1. The fourth-order valence-electron chi connectivity index (χ4n) is 4.54. The number of likely N-dealkylation sites (tertiary alicyclic amines) is 1. The second-order valence-electron chi connectivity index (χ2n) is 8.55. The zero-order chi connectivity index (χ0) is 22.3. The second-order valence-corrected chi connectivity index (χ2v) is 8.96. The molecule has 9 heteroatoms. The Kier molecular flexibility index (Phi) is 5.43. The number of nitrogens with zero attached hydrogens (tertiary/aromatic N) is 4. The van der Waals surface area contributed by atoms with Crippen molar-refractivity contribution >= 4 is 17.5 Å². The lowest BCUT2D eigenvalue weighted by atomic mass is 9.84. The molecule has 0 unspecified atom stereocenters. The van der Waals surface area contributed by atoms with E-state index in [1.807, 2.05) is 0 Å². The molecule has 6 nitrogen and oxygen atoms in total. The lowest BCUT2D eigenvalue weighted by molar-refractivity contribution is -0.123. The molecule has 1 saturated heterocycles. The van der Waals surface area contributed by atoms with Gasteiger partial charge in [0.25, 0.3) is 0 Å². The zero-order valence-corrected chi connectivity index (χ0v) is 18.1. The summed E-state index contributed by atoms with van der Waals surface area (Å²) in [6.07, 6.45) is 2.09. The Morgan fingerprint density at radius 3 is 2.69 bits per heavy atom. The number of nitrogens with one attached hydrogen (secondary N) is 1. The Morgan fingerprint density at radius 1 is 1.12 bits per heavy atom. The highest BCUT2D eigenvalue weighted by Gasteiger charge is 2.40. The van der Waals surface area contributed by atoms with E-state index in [1.165, 1.54) is 18.2 Å². The van der Waals surface area contributed by atoms with Gasteiger partial charge >= 0.3 is 0 Å². The standard InChI is InChI=1S/C23H22ClF2N5O/c24-18-10-15(4-5-19(18)26)13-30-8-6-23(7-9-30)12-20-27-22(16-2-1-3-17(25)11-16)29-31(20)14-21(32)28-23/h1-5,10-11H,6-9,12-14H2,(H,28,32). The van der Waals surface area contributed by atoms with E-state index >= 15 is 0 Å². The maximum atomic E-state index is 13.6. The minimum Gasteiger partial charge on any atom is -0.349 e. The molecule has 3 aromatic rings. The van der Waals surface area contributed by atoms with Gasteiger partial charge in [0.15, 0.2) is 5.82 Å². The summed E-state index contributed by atoms with van der Waals surface area (Å²) in [6.45, 7) is 2.32. The van der Waals surface area contributed by atoms with Gasteiger partial charge in [0, 0.05) is 37.2 Å². The highest BCUT2D eigenvalue weighted by Crippen LogP contribution is 2.30. The number of aromatic nitrogens is 3. The summed E-state index contributed by atoms with van der Waals surface area (Å²) >= 11 is 5.91. The highest BCUT2D eigenvalue weighted by atomic mass is 35.5. The molecule has 1 spiro atoms. The molecular weight excluding hydrogens is 436 g/mol. The summed E-state index contributed by atoms with van der Waals surface area (Å²) in [5, 5.41) is 7.79. The van der Waals surface area contributed by atoms with E-state index in [0.29, 0.717) is 24.4 Å². The number of rotatable bonds is 3. The first-order chi connectivity index (χ1) is 15.4. The maximum Gasteiger partial charge on any atom is 0.242 e. The molecule has 0 atom stereocenters. The van der Waals surface area contributed by atoms with Gasteiger partial charge in [0.05, 0.1) is 5.02 Å². The quantitative estimate of drug-likeness (QED) is 0.653. The number of halogens is 3. The summed E-state index contributed by atoms with van der Waals surface area (Å²) in [7, 11) is 0. The minimum absolute atomic E-state index is 0.0944.